The van der Waals surface area contributed by atoms with E-state index in [4.69, 9.17) is 16.7 Å². The Bertz CT molecular complexity index is 339. The van der Waals surface area contributed by atoms with Crippen LogP contribution < -0.4 is 0 Å². The molecule has 1 heterocycles. The quantitative estimate of drug-likeness (QED) is 0.564. The lowest BCUT2D eigenvalue weighted by Gasteiger charge is -2.14. The molecule has 0 aliphatic carbocycles. The molecule has 0 aliphatic heterocycles. The molecule has 4 N–H and O–H groups in total. The molecule has 0 amide bonds. The van der Waals surface area contributed by atoms with E-state index in [1.165, 1.54) is 12.3 Å². The lowest BCUT2D eigenvalue weighted by atomic mass is 10.1. The highest BCUT2D eigenvalue weighted by Crippen LogP contribution is 2.20. The topological polar surface area (TPSA) is 93.6 Å². The predicted molar refractivity (Wildman–Crippen MR) is 54.1 cm³/mol. The van der Waals surface area contributed by atoms with Gasteiger partial charge in [0, 0.05) is 17.6 Å². The maximum Gasteiger partial charge on any atom is 0.352 e. The summed E-state index contributed by atoms with van der Waals surface area (Å²) in [6.07, 6.45) is -0.505. The van der Waals surface area contributed by atoms with Gasteiger partial charge < -0.3 is 20.3 Å². The molecule has 2 atom stereocenters. The van der Waals surface area contributed by atoms with Gasteiger partial charge in [-0.15, -0.1) is 11.6 Å². The van der Waals surface area contributed by atoms with E-state index < -0.39 is 18.2 Å². The molecular weight excluding hydrogens is 222 g/mol. The summed E-state index contributed by atoms with van der Waals surface area (Å²) >= 11 is 5.41. The first-order valence-corrected chi connectivity index (χ1v) is 4.93. The normalized spacial score (nSPS) is 14.9. The van der Waals surface area contributed by atoms with Crippen LogP contribution in [-0.4, -0.2) is 38.3 Å². The standard InChI is InChI=1S/C9H12ClNO4/c10-2-1-7(12)8(13)5-3-6(9(14)15)11-4-5/h3-4,7-8,11-13H,1-2H2,(H,14,15). The van der Waals surface area contributed by atoms with Gasteiger partial charge in [0.1, 0.15) is 11.8 Å². The van der Waals surface area contributed by atoms with Gasteiger partial charge in [-0.1, -0.05) is 0 Å². The Morgan fingerprint density at radius 2 is 2.20 bits per heavy atom. The zero-order valence-corrected chi connectivity index (χ0v) is 8.61. The Morgan fingerprint density at radius 3 is 2.67 bits per heavy atom. The summed E-state index contributed by atoms with van der Waals surface area (Å²) < 4.78 is 0. The van der Waals surface area contributed by atoms with Crippen molar-refractivity contribution < 1.29 is 20.1 Å². The van der Waals surface area contributed by atoms with Crippen molar-refractivity contribution in [1.82, 2.24) is 4.98 Å². The highest BCUT2D eigenvalue weighted by Gasteiger charge is 2.20. The Labute approximate surface area is 91.3 Å². The predicted octanol–water partition coefficient (Wildman–Crippen LogP) is 0.736. The number of aromatic nitrogens is 1. The zero-order chi connectivity index (χ0) is 11.4. The lowest BCUT2D eigenvalue weighted by Crippen LogP contribution is -2.18. The van der Waals surface area contributed by atoms with Crippen LogP contribution in [-0.2, 0) is 0 Å². The van der Waals surface area contributed by atoms with Crippen LogP contribution in [0.3, 0.4) is 0 Å². The molecule has 2 unspecified atom stereocenters. The van der Waals surface area contributed by atoms with Crippen molar-refractivity contribution >= 4 is 17.6 Å². The lowest BCUT2D eigenvalue weighted by molar-refractivity contribution is 0.0170. The second kappa shape index (κ2) is 5.16. The van der Waals surface area contributed by atoms with Crippen LogP contribution in [0.15, 0.2) is 12.3 Å². The smallest absolute Gasteiger partial charge is 0.352 e. The van der Waals surface area contributed by atoms with E-state index >= 15 is 0 Å². The van der Waals surface area contributed by atoms with Crippen molar-refractivity contribution in [3.8, 4) is 0 Å². The molecule has 0 fully saturated rings. The second-order valence-electron chi connectivity index (χ2n) is 3.14. The Morgan fingerprint density at radius 1 is 1.53 bits per heavy atom. The monoisotopic (exact) mass is 233 g/mol. The second-order valence-corrected chi connectivity index (χ2v) is 3.52. The number of rotatable bonds is 5. The summed E-state index contributed by atoms with van der Waals surface area (Å²) in [6, 6.07) is 1.28. The molecule has 0 bridgehead atoms. The summed E-state index contributed by atoms with van der Waals surface area (Å²) in [5.74, 6) is -0.880. The fraction of sp³-hybridized carbons (Fsp3) is 0.444. The van der Waals surface area contributed by atoms with Gasteiger partial charge in [0.15, 0.2) is 0 Å². The number of H-pyrrole nitrogens is 1. The Balaban J connectivity index is 2.73. The molecule has 0 aromatic carbocycles. The van der Waals surface area contributed by atoms with Gasteiger partial charge in [0.05, 0.1) is 6.10 Å². The fourth-order valence-electron chi connectivity index (χ4n) is 1.20. The van der Waals surface area contributed by atoms with Gasteiger partial charge in [-0.25, -0.2) is 4.79 Å². The third-order valence-corrected chi connectivity index (χ3v) is 2.26. The minimum atomic E-state index is -1.12. The van der Waals surface area contributed by atoms with Crippen molar-refractivity contribution in [2.24, 2.45) is 0 Å². The van der Waals surface area contributed by atoms with Crippen molar-refractivity contribution in [3.05, 3.63) is 23.5 Å². The third kappa shape index (κ3) is 2.95. The molecule has 0 aliphatic rings. The molecule has 0 saturated heterocycles. The van der Waals surface area contributed by atoms with E-state index in [1.54, 1.807) is 0 Å². The van der Waals surface area contributed by atoms with Gasteiger partial charge >= 0.3 is 5.97 Å². The number of carboxylic acids is 1. The number of hydrogen-bond acceptors (Lipinski definition) is 3. The number of aromatic amines is 1. The maximum atomic E-state index is 10.5. The number of alkyl halides is 1. The Hall–Kier alpha value is -1.04. The maximum absolute atomic E-state index is 10.5. The minimum Gasteiger partial charge on any atom is -0.477 e. The number of aliphatic hydroxyl groups excluding tert-OH is 2. The van der Waals surface area contributed by atoms with E-state index in [0.29, 0.717) is 5.56 Å². The summed E-state index contributed by atoms with van der Waals surface area (Å²) in [6.45, 7) is 0. The van der Waals surface area contributed by atoms with Gasteiger partial charge in [-0.2, -0.15) is 0 Å². The average Bonchev–Trinajstić information content (AvgIpc) is 2.65. The zero-order valence-electron chi connectivity index (χ0n) is 7.85. The first-order chi connectivity index (χ1) is 7.06. The molecule has 0 spiro atoms. The van der Waals surface area contributed by atoms with Crippen LogP contribution in [0, 0.1) is 0 Å². The number of aromatic carboxylic acids is 1. The van der Waals surface area contributed by atoms with Crippen LogP contribution in [0.4, 0.5) is 0 Å². The average molecular weight is 234 g/mol. The number of hydrogen-bond donors (Lipinski definition) is 4. The van der Waals surface area contributed by atoms with Crippen LogP contribution in [0.1, 0.15) is 28.6 Å². The highest BCUT2D eigenvalue weighted by atomic mass is 35.5. The van der Waals surface area contributed by atoms with Crippen molar-refractivity contribution in [2.75, 3.05) is 5.88 Å². The number of carbonyl (C=O) groups is 1. The van der Waals surface area contributed by atoms with Crippen LogP contribution in [0.5, 0.6) is 0 Å². The molecule has 5 nitrogen and oxygen atoms in total. The van der Waals surface area contributed by atoms with Gasteiger partial charge in [0.2, 0.25) is 0 Å². The van der Waals surface area contributed by atoms with Gasteiger partial charge in [-0.05, 0) is 12.5 Å². The van der Waals surface area contributed by atoms with Crippen molar-refractivity contribution in [2.45, 2.75) is 18.6 Å². The third-order valence-electron chi connectivity index (χ3n) is 2.05. The van der Waals surface area contributed by atoms with E-state index in [-0.39, 0.29) is 18.0 Å². The first-order valence-electron chi connectivity index (χ1n) is 4.40. The van der Waals surface area contributed by atoms with Gasteiger partial charge in [0.25, 0.3) is 0 Å². The molecule has 1 aromatic rings. The Kier molecular flexibility index (Phi) is 4.14. The van der Waals surface area contributed by atoms with Crippen molar-refractivity contribution in [3.63, 3.8) is 0 Å². The van der Waals surface area contributed by atoms with E-state index in [9.17, 15) is 15.0 Å². The van der Waals surface area contributed by atoms with E-state index in [0.717, 1.165) is 0 Å². The van der Waals surface area contributed by atoms with Crippen LogP contribution in [0.2, 0.25) is 0 Å². The molecule has 0 radical (unpaired) electrons. The fourth-order valence-corrected chi connectivity index (χ4v) is 1.42. The SMILES string of the molecule is O=C(O)c1cc(C(O)C(O)CCCl)c[nH]1. The molecular formula is C9H12ClNO4. The van der Waals surface area contributed by atoms with Gasteiger partial charge in [-0.3, -0.25) is 0 Å². The number of nitrogens with one attached hydrogen (secondary N) is 1. The summed E-state index contributed by atoms with van der Waals surface area (Å²) in [5.41, 5.74) is 0.312. The molecule has 1 aromatic heterocycles. The number of carboxylic acid groups (broad SMARTS) is 1. The molecule has 84 valence electrons. The molecule has 0 saturated carbocycles. The first kappa shape index (κ1) is 12.0. The molecule has 6 heteroatoms. The van der Waals surface area contributed by atoms with E-state index in [1.807, 2.05) is 0 Å². The van der Waals surface area contributed by atoms with Crippen LogP contribution >= 0.6 is 11.6 Å². The van der Waals surface area contributed by atoms with E-state index in [2.05, 4.69) is 4.98 Å². The highest BCUT2D eigenvalue weighted by molar-refractivity contribution is 6.17. The molecule has 15 heavy (non-hydrogen) atoms. The summed E-state index contributed by atoms with van der Waals surface area (Å²) in [5, 5.41) is 27.6. The number of halogens is 1. The van der Waals surface area contributed by atoms with Crippen molar-refractivity contribution in [1.29, 1.82) is 0 Å². The van der Waals surface area contributed by atoms with Crippen LogP contribution in [0.25, 0.3) is 0 Å². The minimum absolute atomic E-state index is 0.0258. The number of aliphatic hydroxyl groups is 2. The summed E-state index contributed by atoms with van der Waals surface area (Å²) in [7, 11) is 0. The largest absolute Gasteiger partial charge is 0.477 e. The summed E-state index contributed by atoms with van der Waals surface area (Å²) in [4.78, 5) is 13.0. The molecule has 1 rings (SSSR count).